The average Bonchev–Trinajstić information content (AvgIpc) is 3.13. The zero-order chi connectivity index (χ0) is 30.5. The van der Waals surface area contributed by atoms with Crippen LogP contribution in [0.25, 0.3) is 87.6 Å². The fourth-order valence-corrected chi connectivity index (χ4v) is 7.32. The number of rotatable bonds is 4. The second kappa shape index (κ2) is 10.9. The molecule has 9 aromatic rings. The highest BCUT2D eigenvalue weighted by molar-refractivity contribution is 6.24. The predicted molar refractivity (Wildman–Crippen MR) is 198 cm³/mol. The van der Waals surface area contributed by atoms with E-state index in [1.165, 1.54) is 87.6 Å². The standard InChI is InChI=1S/C46H30/c1-2-14-32(15-3-1)38-28-27-36(35-26-25-31-13-4-5-17-34(31)29-35)30-44(38)46-42-22-10-8-20-40(42)45(41-21-9-11-23-43(41)46)39-24-12-18-33-16-6-7-19-37(33)39/h1-30H. The van der Waals surface area contributed by atoms with Gasteiger partial charge in [0.05, 0.1) is 0 Å². The Labute approximate surface area is 268 Å². The molecule has 0 fully saturated rings. The molecule has 9 aromatic carbocycles. The second-order valence-corrected chi connectivity index (χ2v) is 12.1. The first-order valence-electron chi connectivity index (χ1n) is 15.9. The third-order valence-electron chi connectivity index (χ3n) is 9.45. The van der Waals surface area contributed by atoms with Crippen molar-refractivity contribution < 1.29 is 0 Å². The lowest BCUT2D eigenvalue weighted by molar-refractivity contribution is 1.59. The van der Waals surface area contributed by atoms with Gasteiger partial charge in [0, 0.05) is 0 Å². The first-order chi connectivity index (χ1) is 22.8. The minimum atomic E-state index is 1.21. The molecule has 46 heavy (non-hydrogen) atoms. The summed E-state index contributed by atoms with van der Waals surface area (Å²) in [6, 6.07) is 66.6. The maximum absolute atomic E-state index is 2.41. The van der Waals surface area contributed by atoms with Crippen molar-refractivity contribution >= 4 is 43.1 Å². The van der Waals surface area contributed by atoms with Gasteiger partial charge in [0.2, 0.25) is 0 Å². The van der Waals surface area contributed by atoms with Gasteiger partial charge < -0.3 is 0 Å². The van der Waals surface area contributed by atoms with Gasteiger partial charge in [-0.3, -0.25) is 0 Å². The van der Waals surface area contributed by atoms with Crippen LogP contribution in [0.4, 0.5) is 0 Å². The zero-order valence-corrected chi connectivity index (χ0v) is 25.3. The lowest BCUT2D eigenvalue weighted by Crippen LogP contribution is -1.94. The van der Waals surface area contributed by atoms with Crippen LogP contribution in [0.3, 0.4) is 0 Å². The number of hydrogen-bond acceptors (Lipinski definition) is 0. The Morgan fingerprint density at radius 2 is 0.717 bits per heavy atom. The molecule has 0 saturated heterocycles. The van der Waals surface area contributed by atoms with E-state index in [1.807, 2.05) is 0 Å². The van der Waals surface area contributed by atoms with E-state index in [9.17, 15) is 0 Å². The van der Waals surface area contributed by atoms with Crippen molar-refractivity contribution in [3.05, 3.63) is 182 Å². The van der Waals surface area contributed by atoms with Gasteiger partial charge in [0.1, 0.15) is 0 Å². The van der Waals surface area contributed by atoms with E-state index in [4.69, 9.17) is 0 Å². The molecular weight excluding hydrogens is 553 g/mol. The topological polar surface area (TPSA) is 0 Å². The summed E-state index contributed by atoms with van der Waals surface area (Å²) >= 11 is 0. The largest absolute Gasteiger partial charge is 0.0622 e. The van der Waals surface area contributed by atoms with Crippen molar-refractivity contribution in [2.24, 2.45) is 0 Å². The molecule has 0 radical (unpaired) electrons. The summed E-state index contributed by atoms with van der Waals surface area (Å²) in [4.78, 5) is 0. The molecular formula is C46H30. The van der Waals surface area contributed by atoms with Crippen molar-refractivity contribution in [2.75, 3.05) is 0 Å². The van der Waals surface area contributed by atoms with Crippen molar-refractivity contribution in [1.29, 1.82) is 0 Å². The summed E-state index contributed by atoms with van der Waals surface area (Å²) in [5.74, 6) is 0. The lowest BCUT2D eigenvalue weighted by atomic mass is 9.82. The van der Waals surface area contributed by atoms with Crippen LogP contribution in [-0.2, 0) is 0 Å². The van der Waals surface area contributed by atoms with Crippen LogP contribution in [0.5, 0.6) is 0 Å². The Hall–Kier alpha value is -5.98. The molecule has 0 heteroatoms. The number of hydrogen-bond donors (Lipinski definition) is 0. The molecule has 0 spiro atoms. The van der Waals surface area contributed by atoms with Crippen LogP contribution < -0.4 is 0 Å². The summed E-state index contributed by atoms with van der Waals surface area (Å²) < 4.78 is 0. The summed E-state index contributed by atoms with van der Waals surface area (Å²) in [7, 11) is 0. The van der Waals surface area contributed by atoms with Crippen molar-refractivity contribution in [3.63, 3.8) is 0 Å². The smallest absolute Gasteiger partial charge is 0.00199 e. The molecule has 0 unspecified atom stereocenters. The zero-order valence-electron chi connectivity index (χ0n) is 25.3. The van der Waals surface area contributed by atoms with E-state index in [0.29, 0.717) is 0 Å². The molecule has 214 valence electrons. The summed E-state index contributed by atoms with van der Waals surface area (Å²) in [6.07, 6.45) is 0. The van der Waals surface area contributed by atoms with Gasteiger partial charge in [-0.1, -0.05) is 170 Å². The fourth-order valence-electron chi connectivity index (χ4n) is 7.32. The van der Waals surface area contributed by atoms with Crippen LogP contribution >= 0.6 is 0 Å². The van der Waals surface area contributed by atoms with E-state index in [0.717, 1.165) is 0 Å². The minimum Gasteiger partial charge on any atom is -0.0622 e. The van der Waals surface area contributed by atoms with Gasteiger partial charge in [0.15, 0.2) is 0 Å². The molecule has 0 saturated carbocycles. The van der Waals surface area contributed by atoms with Crippen LogP contribution in [0.15, 0.2) is 182 Å². The highest BCUT2D eigenvalue weighted by Crippen LogP contribution is 2.48. The van der Waals surface area contributed by atoms with Crippen molar-refractivity contribution in [1.82, 2.24) is 0 Å². The van der Waals surface area contributed by atoms with E-state index in [2.05, 4.69) is 182 Å². The lowest BCUT2D eigenvalue weighted by Gasteiger charge is -2.21. The average molecular weight is 583 g/mol. The second-order valence-electron chi connectivity index (χ2n) is 12.1. The van der Waals surface area contributed by atoms with Gasteiger partial charge in [-0.05, 0) is 99.7 Å². The molecule has 0 bridgehead atoms. The van der Waals surface area contributed by atoms with Crippen LogP contribution in [-0.4, -0.2) is 0 Å². The Morgan fingerprint density at radius 3 is 1.41 bits per heavy atom. The summed E-state index contributed by atoms with van der Waals surface area (Å²) in [5.41, 5.74) is 9.97. The number of benzene rings is 9. The van der Waals surface area contributed by atoms with Gasteiger partial charge >= 0.3 is 0 Å². The Morgan fingerprint density at radius 1 is 0.217 bits per heavy atom. The van der Waals surface area contributed by atoms with E-state index < -0.39 is 0 Å². The first-order valence-corrected chi connectivity index (χ1v) is 15.9. The minimum absolute atomic E-state index is 1.21. The Balaban J connectivity index is 1.39. The predicted octanol–water partition coefficient (Wildman–Crippen LogP) is 13.0. The summed E-state index contributed by atoms with van der Waals surface area (Å²) in [6.45, 7) is 0. The molecule has 0 N–H and O–H groups in total. The Bertz CT molecular complexity index is 2510. The highest BCUT2D eigenvalue weighted by atomic mass is 14.2. The van der Waals surface area contributed by atoms with Crippen LogP contribution in [0, 0.1) is 0 Å². The molecule has 0 aliphatic carbocycles. The molecule has 0 aliphatic heterocycles. The van der Waals surface area contributed by atoms with Crippen molar-refractivity contribution in [3.8, 4) is 44.5 Å². The fraction of sp³-hybridized carbons (Fsp3) is 0. The van der Waals surface area contributed by atoms with Crippen LogP contribution in [0.2, 0.25) is 0 Å². The highest BCUT2D eigenvalue weighted by Gasteiger charge is 2.20. The van der Waals surface area contributed by atoms with Gasteiger partial charge in [0.25, 0.3) is 0 Å². The molecule has 0 atom stereocenters. The quantitative estimate of drug-likeness (QED) is 0.181. The third-order valence-corrected chi connectivity index (χ3v) is 9.45. The monoisotopic (exact) mass is 582 g/mol. The Kier molecular flexibility index (Phi) is 6.25. The SMILES string of the molecule is c1ccc(-c2ccc(-c3ccc4ccccc4c3)cc2-c2c3ccccc3c(-c3cccc4ccccc34)c3ccccc23)cc1. The van der Waals surface area contributed by atoms with E-state index >= 15 is 0 Å². The third kappa shape index (κ3) is 4.30. The summed E-state index contributed by atoms with van der Waals surface area (Å²) in [5, 5.41) is 10.1. The van der Waals surface area contributed by atoms with Gasteiger partial charge in [-0.2, -0.15) is 0 Å². The van der Waals surface area contributed by atoms with E-state index in [1.54, 1.807) is 0 Å². The van der Waals surface area contributed by atoms with Gasteiger partial charge in [-0.25, -0.2) is 0 Å². The number of fused-ring (bicyclic) bond motifs is 4. The molecule has 9 rings (SSSR count). The van der Waals surface area contributed by atoms with Gasteiger partial charge in [-0.15, -0.1) is 0 Å². The molecule has 0 heterocycles. The first kappa shape index (κ1) is 26.4. The molecule has 0 aromatic heterocycles. The normalized spacial score (nSPS) is 11.5. The molecule has 0 aliphatic rings. The van der Waals surface area contributed by atoms with E-state index in [-0.39, 0.29) is 0 Å². The molecule has 0 nitrogen and oxygen atoms in total. The van der Waals surface area contributed by atoms with Crippen LogP contribution in [0.1, 0.15) is 0 Å². The van der Waals surface area contributed by atoms with Crippen molar-refractivity contribution in [2.45, 2.75) is 0 Å². The maximum Gasteiger partial charge on any atom is -0.00199 e. The molecule has 0 amide bonds. The maximum atomic E-state index is 2.41.